The summed E-state index contributed by atoms with van der Waals surface area (Å²) in [6.45, 7) is 0.224. The van der Waals surface area contributed by atoms with Gasteiger partial charge in [0.05, 0.1) is 12.6 Å². The minimum absolute atomic E-state index is 0.213. The van der Waals surface area contributed by atoms with E-state index < -0.39 is 5.41 Å². The van der Waals surface area contributed by atoms with Crippen LogP contribution in [0.15, 0.2) is 24.4 Å². The number of carbonyl (C=O) groups excluding carboxylic acids is 1. The van der Waals surface area contributed by atoms with Crippen LogP contribution in [0.1, 0.15) is 37.9 Å². The molecule has 2 aromatic heterocycles. The number of pyridine rings is 1. The molecular formula is C16H18N6O. The predicted molar refractivity (Wildman–Crippen MR) is 82.6 cm³/mol. The van der Waals surface area contributed by atoms with Crippen molar-refractivity contribution in [3.05, 3.63) is 30.2 Å². The molecule has 0 aliphatic heterocycles. The monoisotopic (exact) mass is 310 g/mol. The van der Waals surface area contributed by atoms with Crippen molar-refractivity contribution in [3.63, 3.8) is 0 Å². The summed E-state index contributed by atoms with van der Waals surface area (Å²) in [6, 6.07) is 7.72. The largest absolute Gasteiger partial charge is 0.347 e. The molecule has 3 rings (SSSR count). The molecule has 1 aliphatic carbocycles. The topological polar surface area (TPSA) is 107 Å². The number of nitriles is 1. The number of hydrogen-bond donors (Lipinski definition) is 2. The lowest BCUT2D eigenvalue weighted by Gasteiger charge is -2.28. The molecule has 7 nitrogen and oxygen atoms in total. The Labute approximate surface area is 134 Å². The second-order valence-corrected chi connectivity index (χ2v) is 5.76. The van der Waals surface area contributed by atoms with Gasteiger partial charge in [-0.15, -0.1) is 0 Å². The molecule has 0 saturated heterocycles. The maximum absolute atomic E-state index is 12.4. The minimum Gasteiger partial charge on any atom is -0.347 e. The lowest BCUT2D eigenvalue weighted by molar-refractivity contribution is -0.129. The Bertz CT molecular complexity index is 712. The number of aromatic nitrogens is 4. The fourth-order valence-corrected chi connectivity index (χ4v) is 2.86. The van der Waals surface area contributed by atoms with Crippen molar-refractivity contribution in [2.75, 3.05) is 0 Å². The summed E-state index contributed by atoms with van der Waals surface area (Å²) in [4.78, 5) is 20.9. The number of nitrogens with zero attached hydrogens (tertiary/aromatic N) is 4. The lowest BCUT2D eigenvalue weighted by atomic mass is 9.74. The number of nitrogens with one attached hydrogen (secondary N) is 2. The van der Waals surface area contributed by atoms with Crippen LogP contribution in [0.5, 0.6) is 0 Å². The van der Waals surface area contributed by atoms with Crippen LogP contribution in [0, 0.1) is 16.7 Å². The van der Waals surface area contributed by atoms with Crippen LogP contribution in [0.2, 0.25) is 0 Å². The molecule has 0 aromatic carbocycles. The summed E-state index contributed by atoms with van der Waals surface area (Å²) in [5.41, 5.74) is -0.218. The number of H-pyrrole nitrogens is 1. The SMILES string of the molecule is N#CC1(C(=O)NCc2nc(-c3ccccn3)n[nH]2)CCCCC1. The van der Waals surface area contributed by atoms with Crippen molar-refractivity contribution < 1.29 is 4.79 Å². The highest BCUT2D eigenvalue weighted by molar-refractivity contribution is 5.85. The van der Waals surface area contributed by atoms with Gasteiger partial charge in [-0.3, -0.25) is 14.9 Å². The molecule has 0 radical (unpaired) electrons. The molecule has 2 aromatic rings. The highest BCUT2D eigenvalue weighted by Crippen LogP contribution is 2.35. The van der Waals surface area contributed by atoms with Crippen LogP contribution >= 0.6 is 0 Å². The Morgan fingerprint density at radius 3 is 2.87 bits per heavy atom. The third kappa shape index (κ3) is 3.21. The molecule has 2 heterocycles. The van der Waals surface area contributed by atoms with E-state index in [1.165, 1.54) is 0 Å². The van der Waals surface area contributed by atoms with Crippen LogP contribution in [-0.2, 0) is 11.3 Å². The number of aromatic amines is 1. The predicted octanol–water partition coefficient (Wildman–Crippen LogP) is 1.96. The van der Waals surface area contributed by atoms with Gasteiger partial charge < -0.3 is 5.32 Å². The highest BCUT2D eigenvalue weighted by Gasteiger charge is 2.39. The summed E-state index contributed by atoms with van der Waals surface area (Å²) in [5.74, 6) is 0.820. The van der Waals surface area contributed by atoms with Gasteiger partial charge in [0.2, 0.25) is 5.91 Å². The maximum Gasteiger partial charge on any atom is 0.240 e. The first-order valence-electron chi connectivity index (χ1n) is 7.76. The van der Waals surface area contributed by atoms with Gasteiger partial charge in [0.25, 0.3) is 0 Å². The van der Waals surface area contributed by atoms with E-state index in [2.05, 4.69) is 31.6 Å². The Kier molecular flexibility index (Phi) is 4.33. The van der Waals surface area contributed by atoms with E-state index >= 15 is 0 Å². The van der Waals surface area contributed by atoms with E-state index in [9.17, 15) is 10.1 Å². The third-order valence-electron chi connectivity index (χ3n) is 4.20. The molecule has 1 saturated carbocycles. The lowest BCUT2D eigenvalue weighted by Crippen LogP contribution is -2.41. The standard InChI is InChI=1S/C16H18N6O/c17-11-16(7-3-1-4-8-16)15(23)19-10-13-20-14(22-21-13)12-6-2-5-9-18-12/h2,5-6,9H,1,3-4,7-8,10H2,(H,19,23)(H,20,21,22). The van der Waals surface area contributed by atoms with Crippen LogP contribution in [0.25, 0.3) is 11.5 Å². The van der Waals surface area contributed by atoms with Crippen LogP contribution in [-0.4, -0.2) is 26.1 Å². The number of amides is 1. The molecule has 0 bridgehead atoms. The van der Waals surface area contributed by atoms with Gasteiger partial charge in [-0.05, 0) is 25.0 Å². The molecule has 1 fully saturated rings. The van der Waals surface area contributed by atoms with E-state index in [0.717, 1.165) is 19.3 Å². The van der Waals surface area contributed by atoms with Crippen LogP contribution in [0.4, 0.5) is 0 Å². The molecule has 1 aliphatic rings. The molecule has 7 heteroatoms. The van der Waals surface area contributed by atoms with E-state index in [4.69, 9.17) is 0 Å². The summed E-state index contributed by atoms with van der Waals surface area (Å²) < 4.78 is 0. The van der Waals surface area contributed by atoms with Gasteiger partial charge in [0, 0.05) is 6.20 Å². The number of carbonyl (C=O) groups is 1. The van der Waals surface area contributed by atoms with Gasteiger partial charge in [-0.25, -0.2) is 4.98 Å². The van der Waals surface area contributed by atoms with Crippen molar-refractivity contribution in [2.45, 2.75) is 38.6 Å². The van der Waals surface area contributed by atoms with Crippen molar-refractivity contribution in [1.82, 2.24) is 25.5 Å². The van der Waals surface area contributed by atoms with Gasteiger partial charge in [0.1, 0.15) is 16.9 Å². The van der Waals surface area contributed by atoms with E-state index in [0.29, 0.717) is 30.2 Å². The first-order valence-corrected chi connectivity index (χ1v) is 7.76. The zero-order valence-corrected chi connectivity index (χ0v) is 12.7. The van der Waals surface area contributed by atoms with E-state index in [-0.39, 0.29) is 12.5 Å². The molecule has 118 valence electrons. The van der Waals surface area contributed by atoms with Gasteiger partial charge in [0.15, 0.2) is 5.82 Å². The molecule has 1 amide bonds. The van der Waals surface area contributed by atoms with Gasteiger partial charge in [-0.2, -0.15) is 10.4 Å². The van der Waals surface area contributed by atoms with Crippen molar-refractivity contribution in [2.24, 2.45) is 5.41 Å². The van der Waals surface area contributed by atoms with Crippen molar-refractivity contribution in [1.29, 1.82) is 5.26 Å². The smallest absolute Gasteiger partial charge is 0.240 e. The Morgan fingerprint density at radius 2 is 2.17 bits per heavy atom. The Balaban J connectivity index is 1.64. The second kappa shape index (κ2) is 6.57. The molecular weight excluding hydrogens is 292 g/mol. The average Bonchev–Trinajstić information content (AvgIpc) is 3.10. The number of rotatable bonds is 4. The normalized spacial score (nSPS) is 16.5. The molecule has 2 N–H and O–H groups in total. The third-order valence-corrected chi connectivity index (χ3v) is 4.20. The maximum atomic E-state index is 12.4. The van der Waals surface area contributed by atoms with E-state index in [1.54, 1.807) is 6.20 Å². The first kappa shape index (κ1) is 15.2. The van der Waals surface area contributed by atoms with Gasteiger partial charge >= 0.3 is 0 Å². The van der Waals surface area contributed by atoms with Crippen LogP contribution in [0.3, 0.4) is 0 Å². The Hall–Kier alpha value is -2.75. The summed E-state index contributed by atoms with van der Waals surface area (Å²) >= 11 is 0. The quantitative estimate of drug-likeness (QED) is 0.897. The highest BCUT2D eigenvalue weighted by atomic mass is 16.2. The van der Waals surface area contributed by atoms with Crippen LogP contribution < -0.4 is 5.32 Å². The second-order valence-electron chi connectivity index (χ2n) is 5.76. The van der Waals surface area contributed by atoms with Crippen molar-refractivity contribution in [3.8, 4) is 17.6 Å². The molecule has 23 heavy (non-hydrogen) atoms. The molecule has 0 unspecified atom stereocenters. The zero-order valence-electron chi connectivity index (χ0n) is 12.7. The average molecular weight is 310 g/mol. The van der Waals surface area contributed by atoms with Crippen molar-refractivity contribution >= 4 is 5.91 Å². The Morgan fingerprint density at radius 1 is 1.35 bits per heavy atom. The van der Waals surface area contributed by atoms with E-state index in [1.807, 2.05) is 18.2 Å². The molecule has 0 atom stereocenters. The van der Waals surface area contributed by atoms with Gasteiger partial charge in [-0.1, -0.05) is 25.3 Å². The summed E-state index contributed by atoms with van der Waals surface area (Å²) in [7, 11) is 0. The fourth-order valence-electron chi connectivity index (χ4n) is 2.86. The number of hydrogen-bond acceptors (Lipinski definition) is 5. The zero-order chi connectivity index (χ0) is 16.1. The minimum atomic E-state index is -0.887. The first-order chi connectivity index (χ1) is 11.2. The summed E-state index contributed by atoms with van der Waals surface area (Å²) in [6.07, 6.45) is 5.87. The summed E-state index contributed by atoms with van der Waals surface area (Å²) in [5, 5.41) is 19.1. The fraction of sp³-hybridized carbons (Fsp3) is 0.438. The molecule has 0 spiro atoms.